The first-order chi connectivity index (χ1) is 9.29. The van der Waals surface area contributed by atoms with Crippen LogP contribution in [0.2, 0.25) is 5.02 Å². The lowest BCUT2D eigenvalue weighted by Gasteiger charge is -2.15. The van der Waals surface area contributed by atoms with Crippen molar-refractivity contribution < 1.29 is 0 Å². The molecule has 0 aliphatic carbocycles. The molecule has 96 valence electrons. The fourth-order valence-electron chi connectivity index (χ4n) is 2.46. The van der Waals surface area contributed by atoms with Crippen LogP contribution < -0.4 is 5.73 Å². The van der Waals surface area contributed by atoms with E-state index in [2.05, 4.69) is 23.2 Å². The topological polar surface area (TPSA) is 41.8 Å². The van der Waals surface area contributed by atoms with Crippen LogP contribution in [0.25, 0.3) is 10.9 Å². The molecule has 3 heteroatoms. The van der Waals surface area contributed by atoms with Gasteiger partial charge in [0, 0.05) is 28.7 Å². The number of halogens is 1. The molecule has 0 saturated heterocycles. The summed E-state index contributed by atoms with van der Waals surface area (Å²) in [6, 6.07) is 18.2. The Labute approximate surface area is 117 Å². The summed E-state index contributed by atoms with van der Waals surface area (Å²) in [5, 5.41) is 1.96. The summed E-state index contributed by atoms with van der Waals surface area (Å²) in [5.41, 5.74) is 9.25. The van der Waals surface area contributed by atoms with Crippen LogP contribution in [0.3, 0.4) is 0 Å². The minimum absolute atomic E-state index is 0.0982. The number of hydrogen-bond donors (Lipinski definition) is 2. The third-order valence-electron chi connectivity index (χ3n) is 3.44. The Balaban J connectivity index is 2.09. The first-order valence-electron chi connectivity index (χ1n) is 6.31. The maximum absolute atomic E-state index is 6.28. The molecule has 0 saturated carbocycles. The quantitative estimate of drug-likeness (QED) is 0.744. The number of H-pyrrole nitrogens is 1. The van der Waals surface area contributed by atoms with Gasteiger partial charge in [-0.2, -0.15) is 0 Å². The van der Waals surface area contributed by atoms with Crippen LogP contribution in [-0.4, -0.2) is 11.5 Å². The second-order valence-corrected chi connectivity index (χ2v) is 5.03. The van der Waals surface area contributed by atoms with E-state index < -0.39 is 0 Å². The number of nitrogens with two attached hydrogens (primary N) is 1. The van der Waals surface area contributed by atoms with Gasteiger partial charge in [-0.3, -0.25) is 0 Å². The molecule has 19 heavy (non-hydrogen) atoms. The molecule has 2 nitrogen and oxygen atoms in total. The normalized spacial score (nSPS) is 12.7. The number of aromatic nitrogens is 1. The van der Waals surface area contributed by atoms with Gasteiger partial charge in [-0.1, -0.05) is 48.0 Å². The highest BCUT2D eigenvalue weighted by Crippen LogP contribution is 2.30. The molecule has 0 fully saturated rings. The smallest absolute Gasteiger partial charge is 0.0456 e. The lowest BCUT2D eigenvalue weighted by atomic mass is 9.96. The molecule has 0 radical (unpaired) electrons. The van der Waals surface area contributed by atoms with Crippen molar-refractivity contribution in [2.24, 2.45) is 5.73 Å². The van der Waals surface area contributed by atoms with Crippen LogP contribution >= 0.6 is 11.6 Å². The minimum Gasteiger partial charge on any atom is -0.358 e. The van der Waals surface area contributed by atoms with Crippen molar-refractivity contribution in [2.45, 2.75) is 5.92 Å². The molecule has 3 aromatic rings. The number of benzene rings is 2. The summed E-state index contributed by atoms with van der Waals surface area (Å²) in [6.07, 6.45) is 0. The zero-order chi connectivity index (χ0) is 13.2. The van der Waals surface area contributed by atoms with E-state index in [4.69, 9.17) is 17.3 Å². The number of fused-ring (bicyclic) bond motifs is 1. The monoisotopic (exact) mass is 270 g/mol. The van der Waals surface area contributed by atoms with Gasteiger partial charge < -0.3 is 10.7 Å². The first-order valence-corrected chi connectivity index (χ1v) is 6.69. The van der Waals surface area contributed by atoms with E-state index in [1.165, 1.54) is 5.39 Å². The Hall–Kier alpha value is -1.77. The molecular formula is C16H15ClN2. The van der Waals surface area contributed by atoms with Crippen LogP contribution in [0, 0.1) is 0 Å². The van der Waals surface area contributed by atoms with Crippen molar-refractivity contribution in [3.8, 4) is 0 Å². The Kier molecular flexibility index (Phi) is 3.28. The predicted molar refractivity (Wildman–Crippen MR) is 80.6 cm³/mol. The van der Waals surface area contributed by atoms with Gasteiger partial charge in [0.05, 0.1) is 0 Å². The number of hydrogen-bond acceptors (Lipinski definition) is 1. The second-order valence-electron chi connectivity index (χ2n) is 4.62. The van der Waals surface area contributed by atoms with Crippen molar-refractivity contribution >= 4 is 22.5 Å². The van der Waals surface area contributed by atoms with Gasteiger partial charge in [0.15, 0.2) is 0 Å². The van der Waals surface area contributed by atoms with Crippen molar-refractivity contribution in [2.75, 3.05) is 6.54 Å². The summed E-state index contributed by atoms with van der Waals surface area (Å²) >= 11 is 6.28. The van der Waals surface area contributed by atoms with Gasteiger partial charge >= 0.3 is 0 Å². The third kappa shape index (κ3) is 2.25. The lowest BCUT2D eigenvalue weighted by Crippen LogP contribution is -2.14. The highest BCUT2D eigenvalue weighted by molar-refractivity contribution is 6.31. The van der Waals surface area contributed by atoms with Gasteiger partial charge in [0.1, 0.15) is 0 Å². The summed E-state index contributed by atoms with van der Waals surface area (Å²) in [7, 11) is 0. The fraction of sp³-hybridized carbons (Fsp3) is 0.125. The number of para-hydroxylation sites is 1. The van der Waals surface area contributed by atoms with Crippen molar-refractivity contribution in [3.63, 3.8) is 0 Å². The Morgan fingerprint density at radius 3 is 2.53 bits per heavy atom. The zero-order valence-electron chi connectivity index (χ0n) is 10.4. The maximum Gasteiger partial charge on any atom is 0.0456 e. The summed E-state index contributed by atoms with van der Waals surface area (Å²) in [5.74, 6) is 0.0982. The molecule has 1 atom stereocenters. The van der Waals surface area contributed by atoms with Gasteiger partial charge in [0.2, 0.25) is 0 Å². The molecule has 1 heterocycles. The van der Waals surface area contributed by atoms with E-state index in [0.29, 0.717) is 6.54 Å². The van der Waals surface area contributed by atoms with Gasteiger partial charge in [0.25, 0.3) is 0 Å². The molecule has 2 aromatic carbocycles. The summed E-state index contributed by atoms with van der Waals surface area (Å²) < 4.78 is 0. The largest absolute Gasteiger partial charge is 0.358 e. The average Bonchev–Trinajstić information content (AvgIpc) is 2.85. The maximum atomic E-state index is 6.28. The predicted octanol–water partition coefficient (Wildman–Crippen LogP) is 3.91. The molecule has 0 aliphatic heterocycles. The zero-order valence-corrected chi connectivity index (χ0v) is 11.2. The molecule has 0 bridgehead atoms. The Morgan fingerprint density at radius 2 is 1.79 bits per heavy atom. The molecule has 1 unspecified atom stereocenters. The van der Waals surface area contributed by atoms with Gasteiger partial charge in [-0.25, -0.2) is 0 Å². The Morgan fingerprint density at radius 1 is 1.05 bits per heavy atom. The molecule has 0 amide bonds. The van der Waals surface area contributed by atoms with Crippen molar-refractivity contribution in [3.05, 3.63) is 70.9 Å². The van der Waals surface area contributed by atoms with Gasteiger partial charge in [-0.05, 0) is 29.1 Å². The highest BCUT2D eigenvalue weighted by atomic mass is 35.5. The SMILES string of the molecule is NCC(c1cc2ccccc2[nH]1)c1ccccc1Cl. The Bertz CT molecular complexity index is 670. The summed E-state index contributed by atoms with van der Waals surface area (Å²) in [6.45, 7) is 0.524. The summed E-state index contributed by atoms with van der Waals surface area (Å²) in [4.78, 5) is 3.43. The molecule has 3 rings (SSSR count). The van der Waals surface area contributed by atoms with Crippen LogP contribution in [0.15, 0.2) is 54.6 Å². The standard InChI is InChI=1S/C16H15ClN2/c17-14-7-3-2-6-12(14)13(10-18)16-9-11-5-1-4-8-15(11)19-16/h1-9,13,19H,10,18H2. The van der Waals surface area contributed by atoms with E-state index in [0.717, 1.165) is 21.8 Å². The first kappa shape index (κ1) is 12.3. The fourth-order valence-corrected chi connectivity index (χ4v) is 2.73. The molecule has 1 aromatic heterocycles. The van der Waals surface area contributed by atoms with Crippen LogP contribution in [0.1, 0.15) is 17.2 Å². The van der Waals surface area contributed by atoms with Crippen LogP contribution in [0.4, 0.5) is 0 Å². The van der Waals surface area contributed by atoms with Crippen molar-refractivity contribution in [1.82, 2.24) is 4.98 Å². The number of rotatable bonds is 3. The van der Waals surface area contributed by atoms with E-state index in [9.17, 15) is 0 Å². The second kappa shape index (κ2) is 5.08. The molecule has 0 aliphatic rings. The van der Waals surface area contributed by atoms with E-state index >= 15 is 0 Å². The number of aromatic amines is 1. The third-order valence-corrected chi connectivity index (χ3v) is 3.79. The van der Waals surface area contributed by atoms with Crippen LogP contribution in [0.5, 0.6) is 0 Å². The van der Waals surface area contributed by atoms with E-state index in [-0.39, 0.29) is 5.92 Å². The van der Waals surface area contributed by atoms with Crippen LogP contribution in [-0.2, 0) is 0 Å². The average molecular weight is 271 g/mol. The van der Waals surface area contributed by atoms with Gasteiger partial charge in [-0.15, -0.1) is 0 Å². The number of nitrogens with one attached hydrogen (secondary N) is 1. The van der Waals surface area contributed by atoms with E-state index in [1.54, 1.807) is 0 Å². The molecule has 3 N–H and O–H groups in total. The lowest BCUT2D eigenvalue weighted by molar-refractivity contribution is 0.797. The van der Waals surface area contributed by atoms with Crippen molar-refractivity contribution in [1.29, 1.82) is 0 Å². The van der Waals surface area contributed by atoms with E-state index in [1.807, 2.05) is 36.4 Å². The molecular weight excluding hydrogens is 256 g/mol. The molecule has 0 spiro atoms. The highest BCUT2D eigenvalue weighted by Gasteiger charge is 2.17. The minimum atomic E-state index is 0.0982.